The Hall–Kier alpha value is -3.97. The van der Waals surface area contributed by atoms with E-state index >= 15 is 0 Å². The summed E-state index contributed by atoms with van der Waals surface area (Å²) in [6.45, 7) is 13.7. The van der Waals surface area contributed by atoms with Gasteiger partial charge in [0.25, 0.3) is 0 Å². The normalized spacial score (nSPS) is 11.6. The van der Waals surface area contributed by atoms with Crippen LogP contribution in [0.15, 0.2) is 83.7 Å². The monoisotopic (exact) mass is 788 g/mol. The Labute approximate surface area is 279 Å². The van der Waals surface area contributed by atoms with E-state index < -0.39 is 8.07 Å². The van der Waals surface area contributed by atoms with Gasteiger partial charge in [-0.3, -0.25) is 9.97 Å². The van der Waals surface area contributed by atoms with Gasteiger partial charge in [0.1, 0.15) is 0 Å². The molecule has 45 heavy (non-hydrogen) atoms. The number of fused-ring (bicyclic) bond motifs is 4. The van der Waals surface area contributed by atoms with Crippen molar-refractivity contribution in [2.75, 3.05) is 0 Å². The fourth-order valence-electron chi connectivity index (χ4n) is 5.58. The van der Waals surface area contributed by atoms with E-state index in [0.29, 0.717) is 11.6 Å². The van der Waals surface area contributed by atoms with Gasteiger partial charge < -0.3 is 14.0 Å². The van der Waals surface area contributed by atoms with Crippen LogP contribution in [0.4, 0.5) is 0 Å². The summed E-state index contributed by atoms with van der Waals surface area (Å²) < 4.78 is 7.87. The first-order chi connectivity index (χ1) is 21.1. The summed E-state index contributed by atoms with van der Waals surface area (Å²) in [7, 11) is 0.648. The third kappa shape index (κ3) is 6.83. The zero-order valence-electron chi connectivity index (χ0n) is 26.8. The van der Waals surface area contributed by atoms with E-state index in [1.807, 2.05) is 67.2 Å². The molecule has 1 radical (unpaired) electrons. The minimum atomic E-state index is -1.34. The Balaban J connectivity index is 0.000000177. The molecule has 0 aliphatic carbocycles. The molecule has 7 rings (SSSR count). The Bertz CT molecular complexity index is 2090. The zero-order valence-corrected chi connectivity index (χ0v) is 30.2. The number of furan rings is 1. The van der Waals surface area contributed by atoms with Gasteiger partial charge in [-0.1, -0.05) is 50.5 Å². The quantitative estimate of drug-likeness (QED) is 0.130. The molecule has 0 N–H and O–H groups in total. The van der Waals surface area contributed by atoms with Crippen LogP contribution in [0, 0.1) is 25.0 Å². The summed E-state index contributed by atoms with van der Waals surface area (Å²) in [6, 6.07) is 26.8. The Kier molecular flexibility index (Phi) is 9.49. The maximum absolute atomic E-state index is 5.83. The van der Waals surface area contributed by atoms with Gasteiger partial charge in [-0.15, -0.1) is 59.7 Å². The largest absolute Gasteiger partial charge is 0.486 e. The van der Waals surface area contributed by atoms with E-state index in [1.54, 1.807) is 6.20 Å². The summed E-state index contributed by atoms with van der Waals surface area (Å²) in [5, 5.41) is 3.52. The molecule has 0 saturated heterocycles. The third-order valence-electron chi connectivity index (χ3n) is 7.74. The maximum Gasteiger partial charge on any atom is 0.216 e. The van der Waals surface area contributed by atoms with Crippen molar-refractivity contribution in [3.63, 3.8) is 0 Å². The molecule has 0 unspecified atom stereocenters. The van der Waals surface area contributed by atoms with Crippen LogP contribution in [0.1, 0.15) is 25.1 Å². The zero-order chi connectivity index (χ0) is 31.0. The number of hydrogen-bond acceptors (Lipinski definition) is 5. The van der Waals surface area contributed by atoms with Gasteiger partial charge in [-0.05, 0) is 48.3 Å². The van der Waals surface area contributed by atoms with Crippen molar-refractivity contribution in [3.8, 4) is 22.6 Å². The van der Waals surface area contributed by atoms with Crippen LogP contribution in [0.2, 0.25) is 19.6 Å². The van der Waals surface area contributed by atoms with E-state index in [9.17, 15) is 0 Å². The van der Waals surface area contributed by atoms with Crippen LogP contribution < -0.4 is 5.19 Å². The van der Waals surface area contributed by atoms with Gasteiger partial charge in [0.2, 0.25) is 5.71 Å². The first kappa shape index (κ1) is 32.4. The summed E-state index contributed by atoms with van der Waals surface area (Å²) in [5.74, 6) is 1.52. The summed E-state index contributed by atoms with van der Waals surface area (Å²) in [5.41, 5.74) is 8.82. The molecule has 0 bridgehead atoms. The molecule has 0 saturated carbocycles. The predicted molar refractivity (Wildman–Crippen MR) is 183 cm³/mol. The third-order valence-corrected chi connectivity index (χ3v) is 9.81. The van der Waals surface area contributed by atoms with E-state index in [4.69, 9.17) is 9.40 Å². The minimum absolute atomic E-state index is 0. The van der Waals surface area contributed by atoms with Crippen molar-refractivity contribution in [1.29, 1.82) is 0 Å². The van der Waals surface area contributed by atoms with E-state index in [2.05, 4.69) is 85.0 Å². The van der Waals surface area contributed by atoms with E-state index in [1.165, 1.54) is 10.8 Å². The minimum Gasteiger partial charge on any atom is -0.486 e. The number of rotatable bonds is 5. The SMILES string of the molecule is CC(C)Cc1cc(-c2[c-]cccc2)ncc1[Si](C)(C)C.Cc1ccc2c(n1)oc1c[c-]c(-c3nc4ccncc4n3C)cc12.[Ir]. The van der Waals surface area contributed by atoms with Crippen LogP contribution in [0.3, 0.4) is 0 Å². The molecule has 2 aromatic carbocycles. The second-order valence-corrected chi connectivity index (χ2v) is 17.8. The molecule has 0 atom stereocenters. The molecule has 0 amide bonds. The molecule has 7 aromatic rings. The Morgan fingerprint density at radius 3 is 2.47 bits per heavy atom. The fourth-order valence-corrected chi connectivity index (χ4v) is 7.17. The molecule has 0 fully saturated rings. The topological polar surface area (TPSA) is 69.6 Å². The molecular weight excluding hydrogens is 751 g/mol. The number of nitrogens with zero attached hydrogens (tertiary/aromatic N) is 5. The molecule has 0 aliphatic heterocycles. The molecule has 6 nitrogen and oxygen atoms in total. The van der Waals surface area contributed by atoms with Crippen molar-refractivity contribution < 1.29 is 24.5 Å². The summed E-state index contributed by atoms with van der Waals surface area (Å²) in [6.07, 6.45) is 6.82. The molecule has 0 spiro atoms. The van der Waals surface area contributed by atoms with Crippen LogP contribution in [-0.2, 0) is 33.6 Å². The molecule has 5 aromatic heterocycles. The number of hydrogen-bond donors (Lipinski definition) is 0. The first-order valence-corrected chi connectivity index (χ1v) is 18.5. The second-order valence-electron chi connectivity index (χ2n) is 12.7. The fraction of sp³-hybridized carbons (Fsp3) is 0.243. The van der Waals surface area contributed by atoms with Crippen molar-refractivity contribution in [3.05, 3.63) is 103 Å². The molecule has 5 heterocycles. The van der Waals surface area contributed by atoms with Gasteiger partial charge >= 0.3 is 0 Å². The second kappa shape index (κ2) is 13.2. The predicted octanol–water partition coefficient (Wildman–Crippen LogP) is 8.33. The van der Waals surface area contributed by atoms with Crippen molar-refractivity contribution in [1.82, 2.24) is 24.5 Å². The van der Waals surface area contributed by atoms with Gasteiger partial charge in [0.15, 0.2) is 0 Å². The standard InChI is InChI=1S/C19H13N4O.C18H24NSi.Ir/c1-11-3-5-13-14-9-12(4-6-17(14)24-19(13)21-11)18-22-15-7-8-20-10-16(15)23(18)2;1-14(2)11-16-12-17(15-9-7-6-8-10-15)19-13-18(16)20(3,4)5;/h3,5-10H,1-2H3;6-9,12-14H,11H2,1-5H3;/q2*-1;. The number of aryl methyl sites for hydroxylation is 2. The van der Waals surface area contributed by atoms with Crippen molar-refractivity contribution in [2.24, 2.45) is 13.0 Å². The van der Waals surface area contributed by atoms with Crippen molar-refractivity contribution in [2.45, 2.75) is 46.8 Å². The summed E-state index contributed by atoms with van der Waals surface area (Å²) >= 11 is 0. The van der Waals surface area contributed by atoms with Crippen LogP contribution >= 0.6 is 0 Å². The summed E-state index contributed by atoms with van der Waals surface area (Å²) in [4.78, 5) is 18.0. The molecule has 0 aliphatic rings. The van der Waals surface area contributed by atoms with Gasteiger partial charge in [-0.2, -0.15) is 0 Å². The van der Waals surface area contributed by atoms with Crippen LogP contribution in [0.25, 0.3) is 55.7 Å². The smallest absolute Gasteiger partial charge is 0.216 e. The molecule has 8 heteroatoms. The van der Waals surface area contributed by atoms with E-state index in [-0.39, 0.29) is 20.1 Å². The van der Waals surface area contributed by atoms with Gasteiger partial charge in [-0.25, -0.2) is 4.98 Å². The average Bonchev–Trinajstić information content (AvgIpc) is 3.53. The number of aromatic nitrogens is 5. The number of benzene rings is 2. The number of pyridine rings is 3. The average molecular weight is 788 g/mol. The van der Waals surface area contributed by atoms with E-state index in [0.717, 1.165) is 62.1 Å². The molecular formula is C37H37IrN5OSi-2. The van der Waals surface area contributed by atoms with Crippen LogP contribution in [0.5, 0.6) is 0 Å². The Morgan fingerprint density at radius 2 is 1.76 bits per heavy atom. The maximum atomic E-state index is 5.83. The van der Waals surface area contributed by atoms with Gasteiger partial charge in [0.05, 0.1) is 36.7 Å². The van der Waals surface area contributed by atoms with Crippen LogP contribution in [-0.4, -0.2) is 32.6 Å². The molecule has 231 valence electrons. The number of imidazole rings is 1. The van der Waals surface area contributed by atoms with Gasteiger partial charge in [0, 0.05) is 50.6 Å². The first-order valence-electron chi connectivity index (χ1n) is 15.0. The Morgan fingerprint density at radius 1 is 0.933 bits per heavy atom. The van der Waals surface area contributed by atoms with Crippen molar-refractivity contribution >= 4 is 46.4 Å².